The Morgan fingerprint density at radius 3 is 2.78 bits per heavy atom. The Kier molecular flexibility index (Phi) is 3.52. The van der Waals surface area contributed by atoms with Gasteiger partial charge < -0.3 is 0 Å². The summed E-state index contributed by atoms with van der Waals surface area (Å²) in [5, 5.41) is 9.36. The summed E-state index contributed by atoms with van der Waals surface area (Å²) in [6.07, 6.45) is 11.2. The molecule has 0 bridgehead atoms. The van der Waals surface area contributed by atoms with Crippen molar-refractivity contribution >= 4 is 5.78 Å². The van der Waals surface area contributed by atoms with Crippen molar-refractivity contribution in [3.63, 3.8) is 0 Å². The predicted octanol–water partition coefficient (Wildman–Crippen LogP) is 4.97. The Labute approximate surface area is 139 Å². The fourth-order valence-electron chi connectivity index (χ4n) is 6.68. The van der Waals surface area contributed by atoms with E-state index in [1.54, 1.807) is 0 Å². The zero-order valence-electron chi connectivity index (χ0n) is 14.4. The Morgan fingerprint density at radius 2 is 2.00 bits per heavy atom. The number of allylic oxidation sites excluding steroid dienone is 3. The smallest absolute Gasteiger partial charge is 0.155 e. The number of nitrogens with zero attached hydrogens (tertiary/aromatic N) is 1. The topological polar surface area (TPSA) is 40.9 Å². The molecule has 4 aliphatic carbocycles. The van der Waals surface area contributed by atoms with Gasteiger partial charge in [-0.15, -0.1) is 0 Å². The molecule has 3 fully saturated rings. The van der Waals surface area contributed by atoms with E-state index in [1.165, 1.54) is 36.8 Å². The third kappa shape index (κ3) is 2.16. The zero-order valence-corrected chi connectivity index (χ0v) is 14.4. The van der Waals surface area contributed by atoms with Gasteiger partial charge in [-0.25, -0.2) is 0 Å². The standard InChI is InChI=1S/C21H27NO/c1-13(12-22)19-7-8-20-18-5-3-14-11-15(23)4-6-16(14)17(18)9-10-21(19,20)2/h11,16-18,20H,3-10H2,1-2H3/t16-,17+,18+,20-,21+/m0/s1. The number of hydrogen-bond donors (Lipinski definition) is 0. The van der Waals surface area contributed by atoms with E-state index < -0.39 is 0 Å². The Balaban J connectivity index is 1.65. The van der Waals surface area contributed by atoms with Crippen molar-refractivity contribution in [1.82, 2.24) is 0 Å². The molecule has 23 heavy (non-hydrogen) atoms. The lowest BCUT2D eigenvalue weighted by molar-refractivity contribution is -0.115. The molecule has 0 amide bonds. The summed E-state index contributed by atoms with van der Waals surface area (Å²) in [5.41, 5.74) is 4.18. The molecule has 3 saturated carbocycles. The van der Waals surface area contributed by atoms with Gasteiger partial charge >= 0.3 is 0 Å². The first-order valence-electron chi connectivity index (χ1n) is 9.38. The van der Waals surface area contributed by atoms with E-state index in [0.29, 0.717) is 11.7 Å². The van der Waals surface area contributed by atoms with Gasteiger partial charge in [0.25, 0.3) is 0 Å². The summed E-state index contributed by atoms with van der Waals surface area (Å²) in [6.45, 7) is 4.45. The lowest BCUT2D eigenvalue weighted by Gasteiger charge is -2.53. The largest absolute Gasteiger partial charge is 0.295 e. The van der Waals surface area contributed by atoms with Gasteiger partial charge in [-0.1, -0.05) is 18.1 Å². The van der Waals surface area contributed by atoms with Crippen LogP contribution in [-0.2, 0) is 4.79 Å². The lowest BCUT2D eigenvalue weighted by atomic mass is 9.52. The first-order chi connectivity index (χ1) is 11.0. The molecule has 0 unspecified atom stereocenters. The summed E-state index contributed by atoms with van der Waals surface area (Å²) in [5.74, 6) is 3.40. The lowest BCUT2D eigenvalue weighted by Crippen LogP contribution is -2.45. The van der Waals surface area contributed by atoms with Crippen LogP contribution in [0.25, 0.3) is 0 Å². The van der Waals surface area contributed by atoms with Gasteiger partial charge in [0, 0.05) is 12.0 Å². The number of nitriles is 1. The Bertz CT molecular complexity index is 649. The van der Waals surface area contributed by atoms with Crippen LogP contribution >= 0.6 is 0 Å². The molecule has 0 aromatic rings. The molecule has 0 spiro atoms. The molecule has 0 radical (unpaired) electrons. The molecule has 0 heterocycles. The summed E-state index contributed by atoms with van der Waals surface area (Å²) in [6, 6.07) is 2.42. The molecule has 4 rings (SSSR count). The highest BCUT2D eigenvalue weighted by atomic mass is 16.1. The van der Waals surface area contributed by atoms with Gasteiger partial charge in [-0.2, -0.15) is 5.26 Å². The minimum atomic E-state index is 0.271. The summed E-state index contributed by atoms with van der Waals surface area (Å²) in [7, 11) is 0. The molecular weight excluding hydrogens is 282 g/mol. The van der Waals surface area contributed by atoms with Crippen molar-refractivity contribution in [1.29, 1.82) is 5.26 Å². The van der Waals surface area contributed by atoms with Crippen molar-refractivity contribution in [3.8, 4) is 6.07 Å². The number of fused-ring (bicyclic) bond motifs is 5. The highest BCUT2D eigenvalue weighted by Crippen LogP contribution is 2.63. The molecule has 122 valence electrons. The van der Waals surface area contributed by atoms with E-state index in [0.717, 1.165) is 49.0 Å². The van der Waals surface area contributed by atoms with Gasteiger partial charge in [-0.3, -0.25) is 4.79 Å². The Hall–Kier alpha value is -1.36. The maximum atomic E-state index is 11.7. The molecule has 0 aliphatic heterocycles. The molecule has 5 atom stereocenters. The van der Waals surface area contributed by atoms with E-state index in [9.17, 15) is 10.1 Å². The second-order valence-corrected chi connectivity index (χ2v) is 8.51. The third-order valence-electron chi connectivity index (χ3n) is 7.70. The first kappa shape index (κ1) is 15.2. The number of ketones is 1. The maximum absolute atomic E-state index is 11.7. The van der Waals surface area contributed by atoms with Gasteiger partial charge in [0.1, 0.15) is 0 Å². The van der Waals surface area contributed by atoms with Gasteiger partial charge in [0.15, 0.2) is 5.78 Å². The molecule has 2 nitrogen and oxygen atoms in total. The Morgan fingerprint density at radius 1 is 1.17 bits per heavy atom. The van der Waals surface area contributed by atoms with Crippen LogP contribution in [0.1, 0.15) is 65.2 Å². The molecule has 4 aliphatic rings. The average molecular weight is 309 g/mol. The molecule has 0 aromatic carbocycles. The average Bonchev–Trinajstić information content (AvgIpc) is 2.90. The minimum absolute atomic E-state index is 0.271. The van der Waals surface area contributed by atoms with E-state index in [4.69, 9.17) is 0 Å². The predicted molar refractivity (Wildman–Crippen MR) is 90.4 cm³/mol. The van der Waals surface area contributed by atoms with E-state index in [1.807, 2.05) is 13.0 Å². The van der Waals surface area contributed by atoms with Crippen molar-refractivity contribution in [2.45, 2.75) is 65.2 Å². The second kappa shape index (κ2) is 5.33. The second-order valence-electron chi connectivity index (χ2n) is 8.51. The van der Waals surface area contributed by atoms with Crippen LogP contribution in [0.2, 0.25) is 0 Å². The van der Waals surface area contributed by atoms with Crippen LogP contribution in [0, 0.1) is 40.4 Å². The zero-order chi connectivity index (χ0) is 16.2. The van der Waals surface area contributed by atoms with Crippen LogP contribution < -0.4 is 0 Å². The van der Waals surface area contributed by atoms with E-state index in [-0.39, 0.29) is 5.41 Å². The molecular formula is C21H27NO. The SMILES string of the molecule is CC(C#N)=C1CC[C@H]2[C@@H]3CCC4=CC(=O)CC[C@@H]4[C@H]3CC[C@]12C. The summed E-state index contributed by atoms with van der Waals surface area (Å²) in [4.78, 5) is 11.7. The summed E-state index contributed by atoms with van der Waals surface area (Å²) < 4.78 is 0. The molecule has 0 saturated heterocycles. The van der Waals surface area contributed by atoms with Crippen LogP contribution in [-0.4, -0.2) is 5.78 Å². The minimum Gasteiger partial charge on any atom is -0.295 e. The highest BCUT2D eigenvalue weighted by Gasteiger charge is 2.54. The number of rotatable bonds is 0. The third-order valence-corrected chi connectivity index (χ3v) is 7.70. The fraction of sp³-hybridized carbons (Fsp3) is 0.714. The van der Waals surface area contributed by atoms with Crippen molar-refractivity contribution in [2.75, 3.05) is 0 Å². The monoisotopic (exact) mass is 309 g/mol. The van der Waals surface area contributed by atoms with Crippen LogP contribution in [0.4, 0.5) is 0 Å². The van der Waals surface area contributed by atoms with E-state index in [2.05, 4.69) is 13.0 Å². The first-order valence-corrected chi connectivity index (χ1v) is 9.38. The maximum Gasteiger partial charge on any atom is 0.155 e. The van der Waals surface area contributed by atoms with Gasteiger partial charge in [-0.05, 0) is 87.0 Å². The molecule has 0 N–H and O–H groups in total. The van der Waals surface area contributed by atoms with Gasteiger partial charge in [0.2, 0.25) is 0 Å². The van der Waals surface area contributed by atoms with Crippen molar-refractivity contribution < 1.29 is 4.79 Å². The van der Waals surface area contributed by atoms with Crippen molar-refractivity contribution in [2.24, 2.45) is 29.1 Å². The van der Waals surface area contributed by atoms with Crippen molar-refractivity contribution in [3.05, 3.63) is 22.8 Å². The number of carbonyl (C=O) groups is 1. The van der Waals surface area contributed by atoms with Crippen LogP contribution in [0.15, 0.2) is 22.8 Å². The highest BCUT2D eigenvalue weighted by molar-refractivity contribution is 5.91. The van der Waals surface area contributed by atoms with E-state index >= 15 is 0 Å². The van der Waals surface area contributed by atoms with Crippen LogP contribution in [0.5, 0.6) is 0 Å². The molecule has 0 aromatic heterocycles. The molecule has 2 heteroatoms. The number of carbonyl (C=O) groups excluding carboxylic acids is 1. The fourth-order valence-corrected chi connectivity index (χ4v) is 6.68. The van der Waals surface area contributed by atoms with Crippen LogP contribution in [0.3, 0.4) is 0 Å². The normalized spacial score (nSPS) is 44.6. The van der Waals surface area contributed by atoms with Gasteiger partial charge in [0.05, 0.1) is 6.07 Å². The quantitative estimate of drug-likeness (QED) is 0.593. The number of hydrogen-bond acceptors (Lipinski definition) is 2. The summed E-state index contributed by atoms with van der Waals surface area (Å²) >= 11 is 0.